The fraction of sp³-hybridized carbons (Fsp3) is 0.444. The minimum absolute atomic E-state index is 0.000518. The van der Waals surface area contributed by atoms with Crippen LogP contribution in [0.2, 0.25) is 0 Å². The van der Waals surface area contributed by atoms with Crippen LogP contribution in [-0.2, 0) is 27.5 Å². The van der Waals surface area contributed by atoms with Crippen LogP contribution in [0.25, 0.3) is 0 Å². The Balaban J connectivity index is 1.28. The maximum atomic E-state index is 12.2. The lowest BCUT2D eigenvalue weighted by molar-refractivity contribution is -0.139. The first kappa shape index (κ1) is 26.2. The van der Waals surface area contributed by atoms with Gasteiger partial charge in [0.25, 0.3) is 0 Å². The van der Waals surface area contributed by atoms with Gasteiger partial charge in [0.2, 0.25) is 5.91 Å². The molecule has 0 aromatic heterocycles. The van der Waals surface area contributed by atoms with Crippen LogP contribution >= 0.6 is 0 Å². The standard InChI is InChI=1S/C27H35N3O5/c31-25(12-11-24(26(32)33)29-27(34)35-20-23-9-5-2-6-10-23)28-16-13-21-14-17-30(18-15-21)19-22-7-3-1-4-8-22/h1-10,21,24H,11-20H2,(H,28,31)(H,29,34)(H,32,33). The average molecular weight is 482 g/mol. The molecule has 1 aliphatic heterocycles. The molecule has 1 saturated heterocycles. The number of carboxylic acids is 1. The van der Waals surface area contributed by atoms with Crippen LogP contribution in [-0.4, -0.2) is 53.7 Å². The van der Waals surface area contributed by atoms with E-state index >= 15 is 0 Å². The first-order valence-corrected chi connectivity index (χ1v) is 12.2. The number of carbonyl (C=O) groups excluding carboxylic acids is 2. The van der Waals surface area contributed by atoms with E-state index in [2.05, 4.69) is 39.8 Å². The van der Waals surface area contributed by atoms with Crippen molar-refractivity contribution in [2.75, 3.05) is 19.6 Å². The molecule has 3 rings (SSSR count). The fourth-order valence-corrected chi connectivity index (χ4v) is 4.22. The van der Waals surface area contributed by atoms with Crippen molar-refractivity contribution in [1.29, 1.82) is 0 Å². The van der Waals surface area contributed by atoms with Crippen molar-refractivity contribution < 1.29 is 24.2 Å². The maximum absolute atomic E-state index is 12.2. The van der Waals surface area contributed by atoms with Gasteiger partial charge in [-0.1, -0.05) is 60.7 Å². The number of ether oxygens (including phenoxy) is 1. The smallest absolute Gasteiger partial charge is 0.408 e. The van der Waals surface area contributed by atoms with Gasteiger partial charge in [-0.15, -0.1) is 0 Å². The molecule has 0 bridgehead atoms. The third-order valence-electron chi connectivity index (χ3n) is 6.29. The molecule has 1 fully saturated rings. The monoisotopic (exact) mass is 481 g/mol. The summed E-state index contributed by atoms with van der Waals surface area (Å²) in [7, 11) is 0. The predicted molar refractivity (Wildman–Crippen MR) is 132 cm³/mol. The van der Waals surface area contributed by atoms with E-state index in [0.29, 0.717) is 12.5 Å². The van der Waals surface area contributed by atoms with E-state index in [1.165, 1.54) is 5.56 Å². The SMILES string of the molecule is O=C(CCC(NC(=O)OCc1ccccc1)C(=O)O)NCCC1CCN(Cc2ccccc2)CC1. The Morgan fingerprint density at radius 3 is 2.23 bits per heavy atom. The molecule has 188 valence electrons. The highest BCUT2D eigenvalue weighted by Crippen LogP contribution is 2.21. The van der Waals surface area contributed by atoms with Gasteiger partial charge >= 0.3 is 12.1 Å². The number of nitrogens with zero attached hydrogens (tertiary/aromatic N) is 1. The molecule has 0 radical (unpaired) electrons. The van der Waals surface area contributed by atoms with Gasteiger partial charge in [0, 0.05) is 19.5 Å². The van der Waals surface area contributed by atoms with Gasteiger partial charge in [-0.2, -0.15) is 0 Å². The molecule has 0 aliphatic carbocycles. The summed E-state index contributed by atoms with van der Waals surface area (Å²) in [6.45, 7) is 3.71. The van der Waals surface area contributed by atoms with Crippen LogP contribution in [0.3, 0.4) is 0 Å². The molecule has 3 N–H and O–H groups in total. The number of likely N-dealkylation sites (tertiary alicyclic amines) is 1. The Bertz CT molecular complexity index is 930. The Labute approximate surface area is 206 Å². The molecule has 0 spiro atoms. The quantitative estimate of drug-likeness (QED) is 0.428. The van der Waals surface area contributed by atoms with Gasteiger partial charge in [0.1, 0.15) is 12.6 Å². The molecule has 35 heavy (non-hydrogen) atoms. The van der Waals surface area contributed by atoms with Crippen molar-refractivity contribution in [2.24, 2.45) is 5.92 Å². The largest absolute Gasteiger partial charge is 0.480 e. The number of hydrogen-bond donors (Lipinski definition) is 3. The van der Waals surface area contributed by atoms with Crippen LogP contribution in [0.15, 0.2) is 60.7 Å². The number of rotatable bonds is 12. The number of amides is 2. The summed E-state index contributed by atoms with van der Waals surface area (Å²) in [5.41, 5.74) is 2.13. The van der Waals surface area contributed by atoms with Gasteiger partial charge in [0.05, 0.1) is 0 Å². The number of alkyl carbamates (subject to hydrolysis) is 1. The summed E-state index contributed by atoms with van der Waals surface area (Å²) < 4.78 is 5.07. The third-order valence-corrected chi connectivity index (χ3v) is 6.29. The zero-order valence-corrected chi connectivity index (χ0v) is 20.0. The summed E-state index contributed by atoms with van der Waals surface area (Å²) in [5.74, 6) is -0.830. The van der Waals surface area contributed by atoms with Gasteiger partial charge in [-0.05, 0) is 55.8 Å². The molecule has 2 aromatic rings. The van der Waals surface area contributed by atoms with Crippen LogP contribution in [0.5, 0.6) is 0 Å². The first-order valence-electron chi connectivity index (χ1n) is 12.2. The number of hydrogen-bond acceptors (Lipinski definition) is 5. The highest BCUT2D eigenvalue weighted by molar-refractivity contribution is 5.81. The molecule has 2 amide bonds. The summed E-state index contributed by atoms with van der Waals surface area (Å²) in [5, 5.41) is 14.6. The van der Waals surface area contributed by atoms with Crippen LogP contribution in [0.4, 0.5) is 4.79 Å². The lowest BCUT2D eigenvalue weighted by Crippen LogP contribution is -2.42. The summed E-state index contributed by atoms with van der Waals surface area (Å²) in [4.78, 5) is 38.1. The second-order valence-corrected chi connectivity index (χ2v) is 8.98. The molecule has 1 heterocycles. The topological polar surface area (TPSA) is 108 Å². The average Bonchev–Trinajstić information content (AvgIpc) is 2.87. The van der Waals surface area contributed by atoms with Gasteiger partial charge in [-0.25, -0.2) is 9.59 Å². The maximum Gasteiger partial charge on any atom is 0.408 e. The highest BCUT2D eigenvalue weighted by atomic mass is 16.5. The van der Waals surface area contributed by atoms with Crippen LogP contribution in [0, 0.1) is 5.92 Å². The van der Waals surface area contributed by atoms with E-state index in [0.717, 1.165) is 44.5 Å². The van der Waals surface area contributed by atoms with Crippen LogP contribution < -0.4 is 10.6 Å². The number of carboxylic acid groups (broad SMARTS) is 1. The number of nitrogens with one attached hydrogen (secondary N) is 2. The van der Waals surface area contributed by atoms with E-state index in [4.69, 9.17) is 4.74 Å². The van der Waals surface area contributed by atoms with Crippen molar-refractivity contribution >= 4 is 18.0 Å². The minimum Gasteiger partial charge on any atom is -0.480 e. The summed E-state index contributed by atoms with van der Waals surface area (Å²) >= 11 is 0. The molecule has 8 nitrogen and oxygen atoms in total. The van der Waals surface area contributed by atoms with E-state index in [-0.39, 0.29) is 25.4 Å². The second kappa shape index (κ2) is 14.1. The van der Waals surface area contributed by atoms with Crippen molar-refractivity contribution in [3.63, 3.8) is 0 Å². The van der Waals surface area contributed by atoms with Crippen molar-refractivity contribution in [1.82, 2.24) is 15.5 Å². The molecule has 1 aliphatic rings. The van der Waals surface area contributed by atoms with E-state index in [9.17, 15) is 19.5 Å². The Morgan fingerprint density at radius 2 is 1.60 bits per heavy atom. The van der Waals surface area contributed by atoms with Crippen molar-refractivity contribution in [3.05, 3.63) is 71.8 Å². The molecule has 8 heteroatoms. The lowest BCUT2D eigenvalue weighted by atomic mass is 9.93. The van der Waals surface area contributed by atoms with Crippen LogP contribution in [0.1, 0.15) is 43.2 Å². The summed E-state index contributed by atoms with van der Waals surface area (Å²) in [6, 6.07) is 18.4. The second-order valence-electron chi connectivity index (χ2n) is 8.98. The number of aliphatic carboxylic acids is 1. The fourth-order valence-electron chi connectivity index (χ4n) is 4.22. The summed E-state index contributed by atoms with van der Waals surface area (Å²) in [6.07, 6.45) is 2.33. The number of piperidine rings is 1. The zero-order valence-electron chi connectivity index (χ0n) is 20.0. The highest BCUT2D eigenvalue weighted by Gasteiger charge is 2.22. The molecule has 2 aromatic carbocycles. The predicted octanol–water partition coefficient (Wildman–Crippen LogP) is 3.56. The third kappa shape index (κ3) is 9.78. The van der Waals surface area contributed by atoms with Crippen molar-refractivity contribution in [2.45, 2.75) is 51.3 Å². The van der Waals surface area contributed by atoms with Gasteiger partial charge in [0.15, 0.2) is 0 Å². The number of benzene rings is 2. The molecular formula is C27H35N3O5. The minimum atomic E-state index is -1.20. The number of carbonyl (C=O) groups is 3. The van der Waals surface area contributed by atoms with Gasteiger partial charge < -0.3 is 20.5 Å². The lowest BCUT2D eigenvalue weighted by Gasteiger charge is -2.32. The van der Waals surface area contributed by atoms with E-state index < -0.39 is 18.1 Å². The zero-order chi connectivity index (χ0) is 24.9. The van der Waals surface area contributed by atoms with E-state index in [1.54, 1.807) is 12.1 Å². The van der Waals surface area contributed by atoms with E-state index in [1.807, 2.05) is 24.3 Å². The molecular weight excluding hydrogens is 446 g/mol. The first-order chi connectivity index (χ1) is 17.0. The normalized spacial score (nSPS) is 15.2. The Kier molecular flexibility index (Phi) is 10.6. The van der Waals surface area contributed by atoms with Gasteiger partial charge in [-0.3, -0.25) is 9.69 Å². The Morgan fingerprint density at radius 1 is 0.971 bits per heavy atom. The molecule has 1 unspecified atom stereocenters. The Hall–Kier alpha value is -3.39. The van der Waals surface area contributed by atoms with Crippen molar-refractivity contribution in [3.8, 4) is 0 Å². The molecule has 0 saturated carbocycles. The molecule has 1 atom stereocenters.